The molecule has 1 aromatic heterocycles. The summed E-state index contributed by atoms with van der Waals surface area (Å²) in [6, 6.07) is 13.6. The molecule has 0 N–H and O–H groups in total. The van der Waals surface area contributed by atoms with Gasteiger partial charge in [-0.15, -0.1) is 13.2 Å². The molecule has 0 fully saturated rings. The van der Waals surface area contributed by atoms with Crippen molar-refractivity contribution in [2.75, 3.05) is 0 Å². The molecule has 0 saturated carbocycles. The van der Waals surface area contributed by atoms with Gasteiger partial charge < -0.3 is 14.0 Å². The largest absolute Gasteiger partial charge is 0.573 e. The highest BCUT2D eigenvalue weighted by Crippen LogP contribution is 2.33. The number of benzene rings is 2. The topological polar surface area (TPSA) is 61.6 Å². The van der Waals surface area contributed by atoms with Crippen LogP contribution in [-0.2, 0) is 11.4 Å². The summed E-state index contributed by atoms with van der Waals surface area (Å²) in [5.74, 6) is -0.00105. The minimum atomic E-state index is -4.76. The van der Waals surface area contributed by atoms with E-state index in [9.17, 15) is 18.0 Å². The van der Waals surface area contributed by atoms with Gasteiger partial charge in [0.15, 0.2) is 0 Å². The average molecular weight is 447 g/mol. The number of carbonyl (C=O) groups is 1. The molecule has 0 bridgehead atoms. The average Bonchev–Trinajstić information content (AvgIpc) is 3.24. The van der Waals surface area contributed by atoms with Crippen molar-refractivity contribution in [2.45, 2.75) is 52.0 Å². The Morgan fingerprint density at radius 3 is 2.38 bits per heavy atom. The second kappa shape index (κ2) is 9.89. The van der Waals surface area contributed by atoms with Gasteiger partial charge in [0.2, 0.25) is 0 Å². The summed E-state index contributed by atoms with van der Waals surface area (Å²) in [6.07, 6.45) is -3.02. The maximum absolute atomic E-state index is 12.8. The van der Waals surface area contributed by atoms with Crippen molar-refractivity contribution in [1.29, 1.82) is 0 Å². The lowest BCUT2D eigenvalue weighted by molar-refractivity contribution is -0.275. The van der Waals surface area contributed by atoms with Crippen molar-refractivity contribution in [2.24, 2.45) is 0 Å². The van der Waals surface area contributed by atoms with Gasteiger partial charge in [-0.3, -0.25) is 4.79 Å². The first kappa shape index (κ1) is 23.4. The van der Waals surface area contributed by atoms with Gasteiger partial charge in [0, 0.05) is 18.4 Å². The van der Waals surface area contributed by atoms with Crippen LogP contribution < -0.4 is 9.47 Å². The van der Waals surface area contributed by atoms with E-state index in [1.165, 1.54) is 19.3 Å². The van der Waals surface area contributed by atoms with Crippen molar-refractivity contribution in [3.63, 3.8) is 0 Å². The molecule has 0 unspecified atom stereocenters. The number of ketones is 1. The van der Waals surface area contributed by atoms with Gasteiger partial charge in [0.05, 0.1) is 5.69 Å². The lowest BCUT2D eigenvalue weighted by atomic mass is 9.91. The van der Waals surface area contributed by atoms with Crippen LogP contribution in [0.5, 0.6) is 11.5 Å². The maximum atomic E-state index is 12.8. The van der Waals surface area contributed by atoms with Crippen LogP contribution in [0.4, 0.5) is 13.2 Å². The second-order valence-corrected chi connectivity index (χ2v) is 7.82. The van der Waals surface area contributed by atoms with Crippen molar-refractivity contribution in [1.82, 2.24) is 5.16 Å². The summed E-state index contributed by atoms with van der Waals surface area (Å²) in [5, 5.41) is 3.95. The minimum Gasteiger partial charge on any atom is -0.489 e. The van der Waals surface area contributed by atoms with Gasteiger partial charge >= 0.3 is 6.36 Å². The molecule has 2 aromatic carbocycles. The Hall–Kier alpha value is -3.29. The summed E-state index contributed by atoms with van der Waals surface area (Å²) >= 11 is 0. The fourth-order valence-corrected chi connectivity index (χ4v) is 3.40. The quantitative estimate of drug-likeness (QED) is 0.381. The molecule has 5 nitrogen and oxygen atoms in total. The van der Waals surface area contributed by atoms with E-state index < -0.39 is 6.36 Å². The van der Waals surface area contributed by atoms with Crippen LogP contribution in [0.1, 0.15) is 61.4 Å². The summed E-state index contributed by atoms with van der Waals surface area (Å²) < 4.78 is 53.2. The van der Waals surface area contributed by atoms with Crippen LogP contribution >= 0.6 is 0 Å². The number of carbonyl (C=O) groups excluding carboxylic acids is 1. The van der Waals surface area contributed by atoms with Crippen LogP contribution in [0.2, 0.25) is 0 Å². The SMILES string of the molecule is CC(=O)C[C@@H](c1ccc(OCc2ccc(C(C)C)c(OC(F)(F)F)c2)cc1)c1ccon1. The van der Waals surface area contributed by atoms with Crippen molar-refractivity contribution >= 4 is 5.78 Å². The number of Topliss-reactive ketones (excluding diaryl/α,β-unsaturated/α-hetero) is 1. The van der Waals surface area contributed by atoms with E-state index in [1.807, 2.05) is 12.1 Å². The van der Waals surface area contributed by atoms with E-state index in [-0.39, 0.29) is 36.4 Å². The van der Waals surface area contributed by atoms with Gasteiger partial charge in [-0.1, -0.05) is 43.3 Å². The lowest BCUT2D eigenvalue weighted by Crippen LogP contribution is -2.18. The van der Waals surface area contributed by atoms with Crippen molar-refractivity contribution in [3.8, 4) is 11.5 Å². The van der Waals surface area contributed by atoms with Crippen LogP contribution in [0, 0.1) is 0 Å². The predicted octanol–water partition coefficient (Wildman–Crippen LogP) is 6.39. The normalized spacial score (nSPS) is 12.6. The Balaban J connectivity index is 1.72. The Kier molecular flexibility index (Phi) is 7.22. The number of hydrogen-bond donors (Lipinski definition) is 0. The molecule has 1 heterocycles. The fourth-order valence-electron chi connectivity index (χ4n) is 3.40. The third kappa shape index (κ3) is 6.35. The van der Waals surface area contributed by atoms with Gasteiger partial charge in [-0.2, -0.15) is 0 Å². The molecule has 3 aromatic rings. The van der Waals surface area contributed by atoms with Crippen LogP contribution in [-0.4, -0.2) is 17.3 Å². The molecule has 0 aliphatic rings. The molecular formula is C24H24F3NO4. The van der Waals surface area contributed by atoms with Crippen LogP contribution in [0.3, 0.4) is 0 Å². The lowest BCUT2D eigenvalue weighted by Gasteiger charge is -2.17. The molecule has 3 rings (SSSR count). The van der Waals surface area contributed by atoms with Gasteiger partial charge in [-0.25, -0.2) is 0 Å². The third-order valence-electron chi connectivity index (χ3n) is 4.92. The first-order valence-corrected chi connectivity index (χ1v) is 10.1. The third-order valence-corrected chi connectivity index (χ3v) is 4.92. The zero-order chi connectivity index (χ0) is 23.3. The predicted molar refractivity (Wildman–Crippen MR) is 112 cm³/mol. The minimum absolute atomic E-state index is 0.0278. The molecule has 0 radical (unpaired) electrons. The number of halogens is 3. The highest BCUT2D eigenvalue weighted by atomic mass is 19.4. The number of alkyl halides is 3. The van der Waals surface area contributed by atoms with E-state index in [2.05, 4.69) is 9.89 Å². The zero-order valence-electron chi connectivity index (χ0n) is 18.0. The highest BCUT2D eigenvalue weighted by molar-refractivity contribution is 5.77. The van der Waals surface area contributed by atoms with E-state index in [0.717, 1.165) is 5.56 Å². The standard InChI is InChI=1S/C24H24F3NO4/c1-15(2)20-9-4-17(13-23(20)32-24(25,26)27)14-30-19-7-5-18(6-8-19)21(12-16(3)29)22-10-11-31-28-22/h4-11,13,15,21H,12,14H2,1-3H3/t21-/m0/s1. The van der Waals surface area contributed by atoms with E-state index in [0.29, 0.717) is 22.6 Å². The summed E-state index contributed by atoms with van der Waals surface area (Å²) in [4.78, 5) is 11.7. The summed E-state index contributed by atoms with van der Waals surface area (Å²) in [7, 11) is 0. The number of nitrogens with zero attached hydrogens (tertiary/aromatic N) is 1. The van der Waals surface area contributed by atoms with E-state index >= 15 is 0 Å². The highest BCUT2D eigenvalue weighted by Gasteiger charge is 2.32. The fraction of sp³-hybridized carbons (Fsp3) is 0.333. The number of aromatic nitrogens is 1. The Bertz CT molecular complexity index is 1030. The molecule has 1 atom stereocenters. The number of rotatable bonds is 9. The monoisotopic (exact) mass is 447 g/mol. The first-order valence-electron chi connectivity index (χ1n) is 10.1. The molecule has 0 saturated heterocycles. The number of ether oxygens (including phenoxy) is 2. The van der Waals surface area contributed by atoms with Crippen molar-refractivity contribution in [3.05, 3.63) is 77.2 Å². The summed E-state index contributed by atoms with van der Waals surface area (Å²) in [6.45, 7) is 5.20. The zero-order valence-corrected chi connectivity index (χ0v) is 18.0. The molecule has 8 heteroatoms. The van der Waals surface area contributed by atoms with E-state index in [1.54, 1.807) is 44.2 Å². The Morgan fingerprint density at radius 2 is 1.81 bits per heavy atom. The Morgan fingerprint density at radius 1 is 1.09 bits per heavy atom. The first-order chi connectivity index (χ1) is 15.1. The molecule has 0 spiro atoms. The van der Waals surface area contributed by atoms with Crippen molar-refractivity contribution < 1.29 is 32.0 Å². The second-order valence-electron chi connectivity index (χ2n) is 7.82. The molecule has 170 valence electrons. The molecule has 0 aliphatic heterocycles. The molecule has 32 heavy (non-hydrogen) atoms. The van der Waals surface area contributed by atoms with Crippen LogP contribution in [0.25, 0.3) is 0 Å². The summed E-state index contributed by atoms with van der Waals surface area (Å²) in [5.41, 5.74) is 2.56. The van der Waals surface area contributed by atoms with Gasteiger partial charge in [0.25, 0.3) is 0 Å². The molecule has 0 amide bonds. The van der Waals surface area contributed by atoms with Gasteiger partial charge in [0.1, 0.15) is 30.2 Å². The smallest absolute Gasteiger partial charge is 0.489 e. The van der Waals surface area contributed by atoms with Gasteiger partial charge in [-0.05, 0) is 47.7 Å². The number of hydrogen-bond acceptors (Lipinski definition) is 5. The molecule has 0 aliphatic carbocycles. The van der Waals surface area contributed by atoms with E-state index in [4.69, 9.17) is 9.26 Å². The Labute approximate surface area is 184 Å². The van der Waals surface area contributed by atoms with Crippen LogP contribution in [0.15, 0.2) is 59.3 Å². The maximum Gasteiger partial charge on any atom is 0.573 e. The molecular weight excluding hydrogens is 423 g/mol.